The second-order valence-corrected chi connectivity index (χ2v) is 7.00. The average molecular weight is 285 g/mol. The summed E-state index contributed by atoms with van der Waals surface area (Å²) in [6.07, 6.45) is 3.82. The Morgan fingerprint density at radius 3 is 2.59 bits per heavy atom. The lowest BCUT2D eigenvalue weighted by molar-refractivity contribution is 0.226. The average Bonchev–Trinajstić information content (AvgIpc) is 2.24. The number of piperidine rings is 1. The first-order valence-electron chi connectivity index (χ1n) is 6.12. The van der Waals surface area contributed by atoms with Gasteiger partial charge in [0, 0.05) is 19.3 Å². The van der Waals surface area contributed by atoms with Gasteiger partial charge in [-0.15, -0.1) is 12.4 Å². The normalized spacial score (nSPS) is 21.2. The molecule has 0 aromatic heterocycles. The monoisotopic (exact) mass is 284 g/mol. The van der Waals surface area contributed by atoms with Gasteiger partial charge in [0.05, 0.1) is 5.75 Å². The third-order valence-electron chi connectivity index (χ3n) is 3.14. The molecule has 0 radical (unpaired) electrons. The van der Waals surface area contributed by atoms with Crippen LogP contribution >= 0.6 is 12.4 Å². The van der Waals surface area contributed by atoms with E-state index in [0.717, 1.165) is 26.2 Å². The summed E-state index contributed by atoms with van der Waals surface area (Å²) < 4.78 is 22.2. The second-order valence-electron chi connectivity index (χ2n) is 4.74. The van der Waals surface area contributed by atoms with Crippen LogP contribution in [0.3, 0.4) is 0 Å². The molecule has 17 heavy (non-hydrogen) atoms. The van der Waals surface area contributed by atoms with Crippen LogP contribution in [0.15, 0.2) is 0 Å². The van der Waals surface area contributed by atoms with Crippen LogP contribution in [0.2, 0.25) is 0 Å². The van der Waals surface area contributed by atoms with Gasteiger partial charge in [-0.05, 0) is 38.4 Å². The molecule has 0 aromatic rings. The SMILES string of the molecule is CCN(CCS(C)(=O)=O)CC1CCCNC1.Cl. The fourth-order valence-electron chi connectivity index (χ4n) is 2.12. The Hall–Kier alpha value is 0.160. The van der Waals surface area contributed by atoms with Gasteiger partial charge in [0.2, 0.25) is 0 Å². The summed E-state index contributed by atoms with van der Waals surface area (Å²) in [6.45, 7) is 6.94. The van der Waals surface area contributed by atoms with E-state index in [2.05, 4.69) is 17.1 Å². The van der Waals surface area contributed by atoms with Gasteiger partial charge in [-0.25, -0.2) is 8.42 Å². The van der Waals surface area contributed by atoms with Crippen LogP contribution in [-0.2, 0) is 9.84 Å². The van der Waals surface area contributed by atoms with Gasteiger partial charge >= 0.3 is 0 Å². The summed E-state index contributed by atoms with van der Waals surface area (Å²) in [6, 6.07) is 0. The first-order chi connectivity index (χ1) is 7.51. The molecule has 0 spiro atoms. The molecular formula is C11H25ClN2O2S. The summed E-state index contributed by atoms with van der Waals surface area (Å²) in [5.41, 5.74) is 0. The maximum atomic E-state index is 11.1. The topological polar surface area (TPSA) is 49.4 Å². The highest BCUT2D eigenvalue weighted by Crippen LogP contribution is 2.11. The molecule has 1 heterocycles. The van der Waals surface area contributed by atoms with E-state index in [1.807, 2.05) is 0 Å². The van der Waals surface area contributed by atoms with E-state index < -0.39 is 9.84 Å². The minimum Gasteiger partial charge on any atom is -0.316 e. The summed E-state index contributed by atoms with van der Waals surface area (Å²) in [4.78, 5) is 2.25. The first-order valence-corrected chi connectivity index (χ1v) is 8.18. The maximum absolute atomic E-state index is 11.1. The van der Waals surface area contributed by atoms with Gasteiger partial charge < -0.3 is 10.2 Å². The first kappa shape index (κ1) is 17.2. The van der Waals surface area contributed by atoms with Gasteiger partial charge in [0.1, 0.15) is 9.84 Å². The number of hydrogen-bond donors (Lipinski definition) is 1. The number of hydrogen-bond acceptors (Lipinski definition) is 4. The fourth-order valence-corrected chi connectivity index (χ4v) is 2.71. The Balaban J connectivity index is 0.00000256. The Bertz CT molecular complexity index is 290. The van der Waals surface area contributed by atoms with Crippen molar-refractivity contribution in [1.29, 1.82) is 0 Å². The largest absolute Gasteiger partial charge is 0.316 e. The number of nitrogens with zero attached hydrogens (tertiary/aromatic N) is 1. The molecule has 1 saturated heterocycles. The van der Waals surface area contributed by atoms with Crippen LogP contribution in [0.4, 0.5) is 0 Å². The van der Waals surface area contributed by atoms with Gasteiger partial charge in [-0.3, -0.25) is 0 Å². The van der Waals surface area contributed by atoms with Crippen LogP contribution in [0.1, 0.15) is 19.8 Å². The van der Waals surface area contributed by atoms with Gasteiger partial charge in [0.15, 0.2) is 0 Å². The van der Waals surface area contributed by atoms with Gasteiger partial charge in [-0.1, -0.05) is 6.92 Å². The molecule has 4 nitrogen and oxygen atoms in total. The fraction of sp³-hybridized carbons (Fsp3) is 1.00. The van der Waals surface area contributed by atoms with Crippen molar-refractivity contribution >= 4 is 22.2 Å². The number of rotatable bonds is 6. The summed E-state index contributed by atoms with van der Waals surface area (Å²) in [5.74, 6) is 0.967. The van der Waals surface area contributed by atoms with Crippen LogP contribution in [0.5, 0.6) is 0 Å². The third-order valence-corrected chi connectivity index (χ3v) is 4.07. The molecule has 1 N–H and O–H groups in total. The lowest BCUT2D eigenvalue weighted by Crippen LogP contribution is -2.39. The van der Waals surface area contributed by atoms with Crippen molar-refractivity contribution in [3.05, 3.63) is 0 Å². The summed E-state index contributed by atoms with van der Waals surface area (Å²) >= 11 is 0. The van der Waals surface area contributed by atoms with E-state index in [1.165, 1.54) is 19.1 Å². The molecular weight excluding hydrogens is 260 g/mol. The Morgan fingerprint density at radius 1 is 1.41 bits per heavy atom. The third kappa shape index (κ3) is 7.97. The summed E-state index contributed by atoms with van der Waals surface area (Å²) in [7, 11) is -2.83. The molecule has 6 heteroatoms. The lowest BCUT2D eigenvalue weighted by atomic mass is 9.99. The van der Waals surface area contributed by atoms with E-state index in [4.69, 9.17) is 0 Å². The van der Waals surface area contributed by atoms with Crippen molar-refractivity contribution in [3.63, 3.8) is 0 Å². The lowest BCUT2D eigenvalue weighted by Gasteiger charge is -2.29. The van der Waals surface area contributed by atoms with Crippen LogP contribution in [0.25, 0.3) is 0 Å². The highest BCUT2D eigenvalue weighted by molar-refractivity contribution is 7.90. The van der Waals surface area contributed by atoms with Gasteiger partial charge in [0.25, 0.3) is 0 Å². The van der Waals surface area contributed by atoms with E-state index in [-0.39, 0.29) is 18.2 Å². The minimum atomic E-state index is -2.83. The molecule has 1 rings (SSSR count). The smallest absolute Gasteiger partial charge is 0.148 e. The van der Waals surface area contributed by atoms with E-state index in [9.17, 15) is 8.42 Å². The molecule has 1 atom stereocenters. The van der Waals surface area contributed by atoms with Crippen molar-refractivity contribution in [2.24, 2.45) is 5.92 Å². The van der Waals surface area contributed by atoms with Crippen molar-refractivity contribution < 1.29 is 8.42 Å². The molecule has 1 aliphatic rings. The highest BCUT2D eigenvalue weighted by Gasteiger charge is 2.16. The quantitative estimate of drug-likeness (QED) is 0.783. The molecule has 0 amide bonds. The number of nitrogens with one attached hydrogen (secondary N) is 1. The molecule has 1 unspecified atom stereocenters. The van der Waals surface area contributed by atoms with Crippen LogP contribution in [-0.4, -0.2) is 58.1 Å². The highest BCUT2D eigenvalue weighted by atomic mass is 35.5. The zero-order chi connectivity index (χ0) is 12.0. The molecule has 0 saturated carbocycles. The van der Waals surface area contributed by atoms with E-state index >= 15 is 0 Å². The van der Waals surface area contributed by atoms with Crippen molar-refractivity contribution in [1.82, 2.24) is 10.2 Å². The van der Waals surface area contributed by atoms with Crippen LogP contribution < -0.4 is 5.32 Å². The Morgan fingerprint density at radius 2 is 2.12 bits per heavy atom. The predicted molar refractivity (Wildman–Crippen MR) is 74.7 cm³/mol. The molecule has 1 fully saturated rings. The number of halogens is 1. The number of sulfone groups is 1. The van der Waals surface area contributed by atoms with E-state index in [0.29, 0.717) is 12.5 Å². The molecule has 104 valence electrons. The maximum Gasteiger partial charge on any atom is 0.148 e. The molecule has 0 aliphatic carbocycles. The standard InChI is InChI=1S/C11H24N2O2S.ClH/c1-3-13(7-8-16(2,14)15)10-11-5-4-6-12-9-11;/h11-12H,3-10H2,1-2H3;1H. The van der Waals surface area contributed by atoms with E-state index in [1.54, 1.807) is 0 Å². The van der Waals surface area contributed by atoms with Crippen molar-refractivity contribution in [2.45, 2.75) is 19.8 Å². The summed E-state index contributed by atoms with van der Waals surface area (Å²) in [5, 5.41) is 3.39. The minimum absolute atomic E-state index is 0. The zero-order valence-corrected chi connectivity index (χ0v) is 12.4. The van der Waals surface area contributed by atoms with Crippen molar-refractivity contribution in [2.75, 3.05) is 44.7 Å². The molecule has 0 aromatic carbocycles. The predicted octanol–water partition coefficient (Wildman–Crippen LogP) is 0.774. The zero-order valence-electron chi connectivity index (χ0n) is 10.8. The molecule has 0 bridgehead atoms. The Labute approximate surface area is 111 Å². The van der Waals surface area contributed by atoms with Crippen molar-refractivity contribution in [3.8, 4) is 0 Å². The Kier molecular flexibility index (Phi) is 8.37. The second kappa shape index (κ2) is 8.29. The van der Waals surface area contributed by atoms with Crippen LogP contribution in [0, 0.1) is 5.92 Å². The molecule has 1 aliphatic heterocycles. The van der Waals surface area contributed by atoms with Gasteiger partial charge in [-0.2, -0.15) is 0 Å².